The summed E-state index contributed by atoms with van der Waals surface area (Å²) in [6, 6.07) is 60.6. The number of furan rings is 2. The minimum absolute atomic E-state index is 0.863. The third-order valence-corrected chi connectivity index (χ3v) is 10.9. The minimum atomic E-state index is 0.863. The van der Waals surface area contributed by atoms with E-state index in [2.05, 4.69) is 155 Å². The van der Waals surface area contributed by atoms with Gasteiger partial charge in [0, 0.05) is 66.2 Å². The smallest absolute Gasteiger partial charge is 0.137 e. The van der Waals surface area contributed by atoms with Gasteiger partial charge >= 0.3 is 0 Å². The Balaban J connectivity index is 1.01. The van der Waals surface area contributed by atoms with Gasteiger partial charge in [0.15, 0.2) is 0 Å². The van der Waals surface area contributed by atoms with Crippen molar-refractivity contribution in [2.24, 2.45) is 0 Å². The van der Waals surface area contributed by atoms with Gasteiger partial charge < -0.3 is 18.1 Å². The molecule has 4 heteroatoms. The van der Waals surface area contributed by atoms with Crippen LogP contribution in [0, 0.1) is 0 Å². The number of benzene rings is 8. The van der Waals surface area contributed by atoms with Crippen LogP contribution in [0.1, 0.15) is 0 Å². The highest BCUT2D eigenvalue weighted by Gasteiger charge is 2.20. The van der Waals surface area contributed by atoms with Crippen molar-refractivity contribution in [1.82, 2.24) is 4.40 Å². The van der Waals surface area contributed by atoms with E-state index in [9.17, 15) is 0 Å². The number of para-hydroxylation sites is 4. The molecule has 0 amide bonds. The summed E-state index contributed by atoms with van der Waals surface area (Å²) < 4.78 is 15.0. The molecule has 4 nitrogen and oxygen atoms in total. The SMILES string of the molecule is c1ccc2c(c1)oc1cc(N(c3ccc(-c4ccc5c(c4)c4cccc6c7ccccc7n5c64)cc3)c3ccc4oc5ccccc5c4c3)ccc12. The highest BCUT2D eigenvalue weighted by atomic mass is 16.3. The maximum atomic E-state index is 6.36. The van der Waals surface area contributed by atoms with E-state index in [1.807, 2.05) is 24.3 Å². The van der Waals surface area contributed by atoms with Gasteiger partial charge in [-0.2, -0.15) is 0 Å². The first kappa shape index (κ1) is 27.7. The Labute approximate surface area is 297 Å². The van der Waals surface area contributed by atoms with E-state index < -0.39 is 0 Å². The Hall–Kier alpha value is -7.04. The van der Waals surface area contributed by atoms with Gasteiger partial charge in [0.25, 0.3) is 0 Å². The number of nitrogens with zero attached hydrogens (tertiary/aromatic N) is 2. The van der Waals surface area contributed by atoms with Crippen molar-refractivity contribution in [1.29, 1.82) is 0 Å². The monoisotopic (exact) mass is 664 g/mol. The average Bonchev–Trinajstić information content (AvgIpc) is 3.95. The zero-order valence-corrected chi connectivity index (χ0v) is 27.9. The molecule has 0 bridgehead atoms. The van der Waals surface area contributed by atoms with Crippen LogP contribution >= 0.6 is 0 Å². The fraction of sp³-hybridized carbons (Fsp3) is 0. The summed E-state index contributed by atoms with van der Waals surface area (Å²) >= 11 is 0. The maximum Gasteiger partial charge on any atom is 0.137 e. The van der Waals surface area contributed by atoms with Crippen molar-refractivity contribution in [3.05, 3.63) is 170 Å². The minimum Gasteiger partial charge on any atom is -0.456 e. The standard InChI is InChI=1S/C48H28N2O2/c1-4-13-42-34(8-1)38-11-7-12-39-40-26-30(18-24-43(40)50(42)48(38)39)29-16-19-31(20-17-29)49(32-22-25-46-41(27-32)36-10-3-6-15-45(36)51-46)33-21-23-37-35-9-2-5-14-44(35)52-47(37)28-33/h1-28H. The molecule has 0 aliphatic heterocycles. The molecule has 0 aliphatic rings. The molecule has 242 valence electrons. The average molecular weight is 665 g/mol. The topological polar surface area (TPSA) is 33.9 Å². The Morgan fingerprint density at radius 3 is 1.71 bits per heavy atom. The van der Waals surface area contributed by atoms with Gasteiger partial charge in [-0.05, 0) is 83.9 Å². The molecule has 0 saturated heterocycles. The second-order valence-corrected chi connectivity index (χ2v) is 13.7. The van der Waals surface area contributed by atoms with Gasteiger partial charge in [-0.1, -0.05) is 91.0 Å². The van der Waals surface area contributed by atoms with Gasteiger partial charge in [-0.3, -0.25) is 0 Å². The van der Waals surface area contributed by atoms with Crippen LogP contribution in [-0.4, -0.2) is 4.40 Å². The summed E-state index contributed by atoms with van der Waals surface area (Å²) in [5.74, 6) is 0. The van der Waals surface area contributed by atoms with E-state index in [-0.39, 0.29) is 0 Å². The van der Waals surface area contributed by atoms with Gasteiger partial charge in [0.05, 0.1) is 16.6 Å². The van der Waals surface area contributed by atoms with E-state index >= 15 is 0 Å². The number of rotatable bonds is 4. The summed E-state index contributed by atoms with van der Waals surface area (Å²) in [4.78, 5) is 2.30. The molecule has 8 aromatic carbocycles. The van der Waals surface area contributed by atoms with Crippen LogP contribution in [0.3, 0.4) is 0 Å². The van der Waals surface area contributed by atoms with Crippen LogP contribution in [-0.2, 0) is 0 Å². The van der Waals surface area contributed by atoms with Crippen LogP contribution in [0.4, 0.5) is 17.1 Å². The van der Waals surface area contributed by atoms with E-state index in [1.165, 1.54) is 49.2 Å². The van der Waals surface area contributed by atoms with Crippen molar-refractivity contribution in [2.75, 3.05) is 4.90 Å². The first-order valence-electron chi connectivity index (χ1n) is 17.7. The normalized spacial score (nSPS) is 12.2. The van der Waals surface area contributed by atoms with Crippen molar-refractivity contribution in [3.63, 3.8) is 0 Å². The highest BCUT2D eigenvalue weighted by Crippen LogP contribution is 2.43. The van der Waals surface area contributed by atoms with Gasteiger partial charge in [0.2, 0.25) is 0 Å². The third-order valence-electron chi connectivity index (χ3n) is 10.9. The largest absolute Gasteiger partial charge is 0.456 e. The second-order valence-electron chi connectivity index (χ2n) is 13.7. The van der Waals surface area contributed by atoms with E-state index in [0.29, 0.717) is 0 Å². The Morgan fingerprint density at radius 1 is 0.327 bits per heavy atom. The molecule has 0 fully saturated rings. The number of fused-ring (bicyclic) bond motifs is 12. The van der Waals surface area contributed by atoms with E-state index in [4.69, 9.17) is 8.83 Å². The Bertz CT molecular complexity index is 3360. The Morgan fingerprint density at radius 2 is 0.885 bits per heavy atom. The predicted molar refractivity (Wildman–Crippen MR) is 216 cm³/mol. The van der Waals surface area contributed by atoms with Crippen molar-refractivity contribution < 1.29 is 8.83 Å². The van der Waals surface area contributed by atoms with Gasteiger partial charge in [0.1, 0.15) is 22.3 Å². The van der Waals surface area contributed by atoms with Crippen molar-refractivity contribution in [2.45, 2.75) is 0 Å². The lowest BCUT2D eigenvalue weighted by Crippen LogP contribution is -2.09. The molecule has 0 atom stereocenters. The molecule has 12 rings (SSSR count). The lowest BCUT2D eigenvalue weighted by Gasteiger charge is -2.25. The molecule has 0 unspecified atom stereocenters. The van der Waals surface area contributed by atoms with Crippen LogP contribution in [0.2, 0.25) is 0 Å². The fourth-order valence-corrected chi connectivity index (χ4v) is 8.57. The first-order valence-corrected chi connectivity index (χ1v) is 17.7. The molecule has 52 heavy (non-hydrogen) atoms. The van der Waals surface area contributed by atoms with E-state index in [0.717, 1.165) is 60.9 Å². The Kier molecular flexibility index (Phi) is 5.47. The maximum absolute atomic E-state index is 6.36. The molecule has 0 saturated carbocycles. The van der Waals surface area contributed by atoms with Crippen LogP contribution in [0.5, 0.6) is 0 Å². The van der Waals surface area contributed by atoms with Crippen LogP contribution in [0.25, 0.3) is 93.1 Å². The quantitative estimate of drug-likeness (QED) is 0.188. The summed E-state index contributed by atoms with van der Waals surface area (Å²) in [6.45, 7) is 0. The van der Waals surface area contributed by atoms with E-state index in [1.54, 1.807) is 0 Å². The molecule has 0 aliphatic carbocycles. The molecular weight excluding hydrogens is 637 g/mol. The molecule has 0 spiro atoms. The van der Waals surface area contributed by atoms with Gasteiger partial charge in [-0.25, -0.2) is 0 Å². The molecule has 0 radical (unpaired) electrons. The van der Waals surface area contributed by atoms with Crippen LogP contribution < -0.4 is 4.90 Å². The summed E-state index contributed by atoms with van der Waals surface area (Å²) in [5.41, 5.74) is 12.8. The van der Waals surface area contributed by atoms with Crippen LogP contribution in [0.15, 0.2) is 179 Å². The predicted octanol–water partition coefficient (Wildman–Crippen LogP) is 13.8. The summed E-state index contributed by atoms with van der Waals surface area (Å²) in [6.07, 6.45) is 0. The lowest BCUT2D eigenvalue weighted by molar-refractivity contribution is 0.668. The number of anilines is 3. The molecular formula is C48H28N2O2. The zero-order valence-electron chi connectivity index (χ0n) is 27.9. The second kappa shape index (κ2) is 10.3. The first-order chi connectivity index (χ1) is 25.8. The fourth-order valence-electron chi connectivity index (χ4n) is 8.57. The number of hydrogen-bond donors (Lipinski definition) is 0. The van der Waals surface area contributed by atoms with Crippen molar-refractivity contribution in [3.8, 4) is 11.1 Å². The summed E-state index contributed by atoms with van der Waals surface area (Å²) in [7, 11) is 0. The third kappa shape index (κ3) is 3.81. The molecule has 4 aromatic heterocycles. The lowest BCUT2D eigenvalue weighted by atomic mass is 10.0. The number of hydrogen-bond acceptors (Lipinski definition) is 3. The zero-order chi connectivity index (χ0) is 33.9. The van der Waals surface area contributed by atoms with Gasteiger partial charge in [-0.15, -0.1) is 0 Å². The molecule has 12 aromatic rings. The molecule has 4 heterocycles. The summed E-state index contributed by atoms with van der Waals surface area (Å²) in [5, 5.41) is 9.59. The molecule has 0 N–H and O–H groups in total. The number of aromatic nitrogens is 1. The highest BCUT2D eigenvalue weighted by molar-refractivity contribution is 6.23. The van der Waals surface area contributed by atoms with Crippen molar-refractivity contribution >= 4 is 99.0 Å².